The minimum atomic E-state index is -1.35. The number of carbonyl (C=O) groups excluding carboxylic acids is 4. The minimum Gasteiger partial charge on any atom is -0.497 e. The largest absolute Gasteiger partial charge is 0.497 e. The van der Waals surface area contributed by atoms with E-state index in [4.69, 9.17) is 23.7 Å². The van der Waals surface area contributed by atoms with Gasteiger partial charge >= 0.3 is 23.9 Å². The Morgan fingerprint density at radius 1 is 1.00 bits per heavy atom. The zero-order chi connectivity index (χ0) is 26.8. The van der Waals surface area contributed by atoms with E-state index in [1.807, 2.05) is 0 Å². The van der Waals surface area contributed by atoms with Crippen molar-refractivity contribution in [2.45, 2.75) is 58.5 Å². The smallest absolute Gasteiger partial charge is 0.303 e. The quantitative estimate of drug-likeness (QED) is 0.339. The monoisotopic (exact) mass is 503 g/mol. The Balaban J connectivity index is 2.44. The second kappa shape index (κ2) is 13.1. The highest BCUT2D eigenvalue weighted by atomic mass is 16.6. The van der Waals surface area contributed by atoms with Crippen LogP contribution in [0.25, 0.3) is 0 Å². The van der Waals surface area contributed by atoms with Crippen molar-refractivity contribution in [2.24, 2.45) is 11.0 Å². The number of benzene rings is 1. The molecule has 12 heteroatoms. The van der Waals surface area contributed by atoms with Gasteiger partial charge in [-0.05, 0) is 30.7 Å². The zero-order valence-electron chi connectivity index (χ0n) is 20.7. The first-order valence-corrected chi connectivity index (χ1v) is 11.1. The maximum atomic E-state index is 12.0. The molecule has 12 nitrogen and oxygen atoms in total. The van der Waals surface area contributed by atoms with E-state index in [0.29, 0.717) is 11.4 Å². The van der Waals surface area contributed by atoms with Gasteiger partial charge in [0.05, 0.1) is 18.9 Å². The summed E-state index contributed by atoms with van der Waals surface area (Å²) in [6.45, 7) is 4.14. The van der Waals surface area contributed by atoms with Crippen LogP contribution in [0.15, 0.2) is 29.4 Å². The lowest BCUT2D eigenvalue weighted by molar-refractivity contribution is -0.191. The number of hydrogen-bond acceptors (Lipinski definition) is 12. The van der Waals surface area contributed by atoms with Gasteiger partial charge in [0.25, 0.3) is 0 Å². The van der Waals surface area contributed by atoms with Crippen LogP contribution in [0.3, 0.4) is 0 Å². The Labute approximate surface area is 208 Å². The summed E-state index contributed by atoms with van der Waals surface area (Å²) in [7, 11) is 1.54. The Morgan fingerprint density at radius 3 is 2.11 bits per heavy atom. The van der Waals surface area contributed by atoms with E-state index in [9.17, 15) is 24.4 Å². The van der Waals surface area contributed by atoms with E-state index in [2.05, 4.69) is 11.2 Å². The summed E-state index contributed by atoms with van der Waals surface area (Å²) >= 11 is 0. The second-order valence-corrected chi connectivity index (χ2v) is 7.95. The number of nitriles is 1. The molecule has 1 aromatic rings. The van der Waals surface area contributed by atoms with Crippen molar-refractivity contribution in [3.05, 3.63) is 24.3 Å². The van der Waals surface area contributed by atoms with Gasteiger partial charge < -0.3 is 23.7 Å². The molecular weight excluding hydrogens is 474 g/mol. The van der Waals surface area contributed by atoms with Crippen LogP contribution in [0.5, 0.6) is 5.75 Å². The van der Waals surface area contributed by atoms with Gasteiger partial charge in [-0.15, -0.1) is 0 Å². The molecule has 194 valence electrons. The predicted octanol–water partition coefficient (Wildman–Crippen LogP) is 1.76. The molecule has 0 bridgehead atoms. The lowest BCUT2D eigenvalue weighted by Gasteiger charge is -2.38. The average molecular weight is 504 g/mol. The van der Waals surface area contributed by atoms with Crippen molar-refractivity contribution in [1.82, 2.24) is 0 Å². The normalized spacial score (nSPS) is 19.2. The fourth-order valence-electron chi connectivity index (χ4n) is 3.71. The number of carbonyl (C=O) groups is 4. The lowest BCUT2D eigenvalue weighted by Crippen LogP contribution is -2.52. The fraction of sp³-hybridized carbons (Fsp3) is 0.500. The molecule has 0 saturated heterocycles. The molecule has 1 aromatic carbocycles. The molecule has 0 radical (unpaired) electrons. The molecule has 0 N–H and O–H groups in total. The fourth-order valence-corrected chi connectivity index (χ4v) is 3.71. The number of rotatable bonds is 10. The number of esters is 4. The Bertz CT molecular complexity index is 1020. The van der Waals surface area contributed by atoms with E-state index in [1.165, 1.54) is 18.3 Å². The van der Waals surface area contributed by atoms with Crippen molar-refractivity contribution >= 4 is 35.8 Å². The van der Waals surface area contributed by atoms with Crippen molar-refractivity contribution in [2.75, 3.05) is 18.7 Å². The SMILES string of the molecule is COc1ccc(N2N=C[C@@H]([C@@H](OC(C)=O)[C@H](OC(C)=O)[C@@H](COC(C)=O)OC(C)=O)C[C@H]2C#N)cc1. The molecule has 0 saturated carbocycles. The first-order chi connectivity index (χ1) is 17.0. The van der Waals surface area contributed by atoms with Gasteiger partial charge in [0.2, 0.25) is 0 Å². The summed E-state index contributed by atoms with van der Waals surface area (Å²) in [5.41, 5.74) is 0.630. The van der Waals surface area contributed by atoms with E-state index < -0.39 is 60.8 Å². The summed E-state index contributed by atoms with van der Waals surface area (Å²) < 4.78 is 26.3. The molecule has 36 heavy (non-hydrogen) atoms. The molecule has 5 atom stereocenters. The first-order valence-electron chi connectivity index (χ1n) is 11.1. The van der Waals surface area contributed by atoms with Crippen LogP contribution >= 0.6 is 0 Å². The third-order valence-corrected chi connectivity index (χ3v) is 5.14. The number of anilines is 1. The second-order valence-electron chi connectivity index (χ2n) is 7.95. The predicted molar refractivity (Wildman–Crippen MR) is 125 cm³/mol. The van der Waals surface area contributed by atoms with Crippen molar-refractivity contribution in [3.63, 3.8) is 0 Å². The zero-order valence-corrected chi connectivity index (χ0v) is 20.7. The molecule has 2 rings (SSSR count). The molecule has 1 aliphatic heterocycles. The number of nitrogens with zero attached hydrogens (tertiary/aromatic N) is 3. The van der Waals surface area contributed by atoms with Crippen molar-refractivity contribution in [1.29, 1.82) is 5.26 Å². The molecule has 0 fully saturated rings. The summed E-state index contributed by atoms with van der Waals surface area (Å²) in [4.78, 5) is 47.1. The summed E-state index contributed by atoms with van der Waals surface area (Å²) in [6.07, 6.45) is -2.24. The Kier molecular flexibility index (Phi) is 10.2. The highest BCUT2D eigenvalue weighted by molar-refractivity contribution is 5.71. The van der Waals surface area contributed by atoms with Crippen molar-refractivity contribution in [3.8, 4) is 11.8 Å². The summed E-state index contributed by atoms with van der Waals surface area (Å²) in [6, 6.07) is 8.33. The lowest BCUT2D eigenvalue weighted by atomic mass is 9.88. The standard InChI is InChI=1S/C24H29N3O9/c1-14(28)33-13-22(34-15(2)29)24(36-17(4)31)23(35-16(3)30)18-10-20(11-25)27(26-12-18)19-6-8-21(32-5)9-7-19/h6-9,12,18,20,22-24H,10,13H2,1-5H3/t18-,20-,22+,23+,24+/m0/s1. The highest BCUT2D eigenvalue weighted by Gasteiger charge is 2.44. The third kappa shape index (κ3) is 7.97. The van der Waals surface area contributed by atoms with Crippen LogP contribution in [0.4, 0.5) is 5.69 Å². The maximum absolute atomic E-state index is 12.0. The number of hydrogen-bond donors (Lipinski definition) is 0. The van der Waals surface area contributed by atoms with E-state index in [1.54, 1.807) is 24.3 Å². The molecular formula is C24H29N3O9. The number of ether oxygens (including phenoxy) is 5. The first kappa shape index (κ1) is 28.1. The van der Waals surface area contributed by atoms with Gasteiger partial charge in [-0.3, -0.25) is 19.2 Å². The highest BCUT2D eigenvalue weighted by Crippen LogP contribution is 2.31. The molecule has 0 spiro atoms. The van der Waals surface area contributed by atoms with Crippen LogP contribution in [-0.2, 0) is 38.1 Å². The van der Waals surface area contributed by atoms with E-state index >= 15 is 0 Å². The maximum Gasteiger partial charge on any atom is 0.303 e. The van der Waals surface area contributed by atoms with Gasteiger partial charge in [0.1, 0.15) is 18.4 Å². The van der Waals surface area contributed by atoms with Crippen LogP contribution in [0.2, 0.25) is 0 Å². The van der Waals surface area contributed by atoms with Crippen LogP contribution in [0.1, 0.15) is 34.1 Å². The molecule has 0 aromatic heterocycles. The van der Waals surface area contributed by atoms with E-state index in [0.717, 1.165) is 27.7 Å². The molecule has 0 amide bonds. The molecule has 0 aliphatic carbocycles. The van der Waals surface area contributed by atoms with Gasteiger partial charge in [-0.2, -0.15) is 10.4 Å². The van der Waals surface area contributed by atoms with Crippen LogP contribution in [0, 0.1) is 17.2 Å². The number of methoxy groups -OCH3 is 1. The topological polar surface area (TPSA) is 154 Å². The molecule has 1 aliphatic rings. The molecule has 1 heterocycles. The van der Waals surface area contributed by atoms with Gasteiger partial charge in [0, 0.05) is 39.8 Å². The average Bonchev–Trinajstić information content (AvgIpc) is 2.83. The van der Waals surface area contributed by atoms with Crippen LogP contribution < -0.4 is 9.75 Å². The van der Waals surface area contributed by atoms with Gasteiger partial charge in [0.15, 0.2) is 18.3 Å². The van der Waals surface area contributed by atoms with Gasteiger partial charge in [-0.25, -0.2) is 5.01 Å². The Morgan fingerprint density at radius 2 is 1.61 bits per heavy atom. The third-order valence-electron chi connectivity index (χ3n) is 5.14. The van der Waals surface area contributed by atoms with Crippen molar-refractivity contribution < 1.29 is 42.9 Å². The summed E-state index contributed by atoms with van der Waals surface area (Å²) in [5.74, 6) is -2.92. The van der Waals surface area contributed by atoms with E-state index in [-0.39, 0.29) is 6.42 Å². The molecule has 0 unspecified atom stereocenters. The van der Waals surface area contributed by atoms with Crippen LogP contribution in [-0.4, -0.2) is 68.2 Å². The summed E-state index contributed by atoms with van der Waals surface area (Å²) in [5, 5.41) is 15.7. The minimum absolute atomic E-state index is 0.127. The Hall–Kier alpha value is -4.14. The van der Waals surface area contributed by atoms with Gasteiger partial charge in [-0.1, -0.05) is 0 Å². The number of hydrazone groups is 1.